The molecule has 0 radical (unpaired) electrons. The van der Waals surface area contributed by atoms with Gasteiger partial charge in [0.2, 0.25) is 0 Å². The Kier molecular flexibility index (Phi) is 3.47. The van der Waals surface area contributed by atoms with E-state index in [1.54, 1.807) is 29.3 Å². The molecule has 0 spiro atoms. The van der Waals surface area contributed by atoms with E-state index in [1.165, 1.54) is 12.1 Å². The Morgan fingerprint density at radius 2 is 2.05 bits per heavy atom. The fourth-order valence-electron chi connectivity index (χ4n) is 2.43. The maximum Gasteiger partial charge on any atom is 0.125 e. The summed E-state index contributed by atoms with van der Waals surface area (Å²) in [5.41, 5.74) is 3.64. The first-order valence-electron chi connectivity index (χ1n) is 6.53. The van der Waals surface area contributed by atoms with Crippen LogP contribution in [0.15, 0.2) is 61.3 Å². The summed E-state index contributed by atoms with van der Waals surface area (Å²) in [4.78, 5) is 7.17. The molecule has 4 nitrogen and oxygen atoms in total. The van der Waals surface area contributed by atoms with Crippen molar-refractivity contribution in [1.82, 2.24) is 19.7 Å². The molecule has 110 valence electrons. The lowest BCUT2D eigenvalue weighted by molar-refractivity contribution is 0.629. The van der Waals surface area contributed by atoms with Gasteiger partial charge in [-0.1, -0.05) is 7.43 Å². The molecule has 0 atom stereocenters. The number of nitrogens with one attached hydrogen (secondary N) is 1. The maximum absolute atomic E-state index is 13.2. The zero-order valence-corrected chi connectivity index (χ0v) is 11.0. The zero-order chi connectivity index (χ0) is 14.2. The number of fused-ring (bicyclic) bond motifs is 1. The summed E-state index contributed by atoms with van der Waals surface area (Å²) in [5.74, 6) is -0.248. The lowest BCUT2D eigenvalue weighted by atomic mass is 10.1. The Bertz CT molecular complexity index is 909. The van der Waals surface area contributed by atoms with Crippen molar-refractivity contribution in [3.05, 3.63) is 67.1 Å². The largest absolute Gasteiger partial charge is 0.360 e. The molecule has 0 amide bonds. The molecule has 4 rings (SSSR count). The summed E-state index contributed by atoms with van der Waals surface area (Å²) in [7, 11) is 0. The highest BCUT2D eigenvalue weighted by Crippen LogP contribution is 2.29. The van der Waals surface area contributed by atoms with E-state index in [4.69, 9.17) is 0 Å². The van der Waals surface area contributed by atoms with Crippen molar-refractivity contribution in [2.75, 3.05) is 0 Å². The van der Waals surface area contributed by atoms with Crippen molar-refractivity contribution in [2.45, 2.75) is 7.43 Å². The Hall–Kier alpha value is -2.95. The zero-order valence-electron chi connectivity index (χ0n) is 11.0. The topological polar surface area (TPSA) is 46.5 Å². The highest BCUT2D eigenvalue weighted by atomic mass is 19.1. The first-order valence-corrected chi connectivity index (χ1v) is 6.53. The minimum atomic E-state index is -0.248. The fraction of sp³-hybridized carbons (Fsp3) is 0.0588. The molecule has 4 aromatic rings. The normalized spacial score (nSPS) is 10.6. The summed E-state index contributed by atoms with van der Waals surface area (Å²) in [6, 6.07) is 8.53. The van der Waals surface area contributed by atoms with Crippen LogP contribution in [0.25, 0.3) is 27.7 Å². The van der Waals surface area contributed by atoms with E-state index < -0.39 is 0 Å². The number of rotatable bonds is 2. The number of hydrogen-bond donors (Lipinski definition) is 1. The summed E-state index contributed by atoms with van der Waals surface area (Å²) < 4.78 is 15.0. The van der Waals surface area contributed by atoms with Crippen LogP contribution in [0.4, 0.5) is 4.39 Å². The van der Waals surface area contributed by atoms with Gasteiger partial charge in [-0.3, -0.25) is 4.98 Å². The Balaban J connectivity index is 0.00000144. The molecule has 1 N–H and O–H groups in total. The van der Waals surface area contributed by atoms with Crippen LogP contribution < -0.4 is 0 Å². The van der Waals surface area contributed by atoms with Crippen LogP contribution in [0.1, 0.15) is 7.43 Å². The van der Waals surface area contributed by atoms with Gasteiger partial charge in [-0.15, -0.1) is 0 Å². The molecule has 0 bridgehead atoms. The van der Waals surface area contributed by atoms with E-state index in [0.717, 1.165) is 27.7 Å². The average molecular weight is 294 g/mol. The monoisotopic (exact) mass is 294 g/mol. The molecule has 0 saturated heterocycles. The molecule has 22 heavy (non-hydrogen) atoms. The number of aromatic amines is 1. The van der Waals surface area contributed by atoms with Crippen molar-refractivity contribution in [3.63, 3.8) is 0 Å². The van der Waals surface area contributed by atoms with E-state index in [-0.39, 0.29) is 13.2 Å². The second-order valence-corrected chi connectivity index (χ2v) is 4.78. The number of nitrogens with zero attached hydrogens (tertiary/aromatic N) is 3. The van der Waals surface area contributed by atoms with Gasteiger partial charge in [-0.05, 0) is 30.3 Å². The maximum atomic E-state index is 13.2. The van der Waals surface area contributed by atoms with Crippen molar-refractivity contribution >= 4 is 10.9 Å². The van der Waals surface area contributed by atoms with Gasteiger partial charge < -0.3 is 4.98 Å². The second-order valence-electron chi connectivity index (χ2n) is 4.78. The van der Waals surface area contributed by atoms with Crippen molar-refractivity contribution in [2.24, 2.45) is 0 Å². The first-order chi connectivity index (χ1) is 10.3. The molecule has 1 aromatic carbocycles. The number of aromatic nitrogens is 4. The van der Waals surface area contributed by atoms with E-state index in [2.05, 4.69) is 15.1 Å². The SMILES string of the molecule is C.Fc1ccc2c(-c3cnn(-c4cccnc4)c3)c[nH]c2c1. The summed E-state index contributed by atoms with van der Waals surface area (Å²) in [5, 5.41) is 5.33. The van der Waals surface area contributed by atoms with Crippen LogP contribution in [0.5, 0.6) is 0 Å². The van der Waals surface area contributed by atoms with Gasteiger partial charge in [0.15, 0.2) is 0 Å². The van der Waals surface area contributed by atoms with Gasteiger partial charge in [0.1, 0.15) is 5.82 Å². The molecule has 3 heterocycles. The van der Waals surface area contributed by atoms with E-state index in [9.17, 15) is 4.39 Å². The Morgan fingerprint density at radius 3 is 2.86 bits per heavy atom. The minimum Gasteiger partial charge on any atom is -0.360 e. The molecule has 5 heteroatoms. The van der Waals surface area contributed by atoms with E-state index in [0.29, 0.717) is 0 Å². The van der Waals surface area contributed by atoms with Crippen LogP contribution in [0.3, 0.4) is 0 Å². The van der Waals surface area contributed by atoms with Crippen molar-refractivity contribution < 1.29 is 4.39 Å². The summed E-state index contributed by atoms with van der Waals surface area (Å²) >= 11 is 0. The third-order valence-electron chi connectivity index (χ3n) is 3.45. The minimum absolute atomic E-state index is 0. The van der Waals surface area contributed by atoms with Gasteiger partial charge in [-0.2, -0.15) is 5.10 Å². The van der Waals surface area contributed by atoms with Crippen molar-refractivity contribution in [3.8, 4) is 16.8 Å². The number of halogens is 1. The quantitative estimate of drug-likeness (QED) is 0.602. The van der Waals surface area contributed by atoms with Gasteiger partial charge >= 0.3 is 0 Å². The smallest absolute Gasteiger partial charge is 0.125 e. The van der Waals surface area contributed by atoms with E-state index in [1.807, 2.05) is 24.5 Å². The fourth-order valence-corrected chi connectivity index (χ4v) is 2.43. The average Bonchev–Trinajstić information content (AvgIpc) is 3.13. The molecule has 3 aromatic heterocycles. The molecule has 0 aliphatic heterocycles. The Labute approximate surface area is 127 Å². The number of hydrogen-bond acceptors (Lipinski definition) is 2. The van der Waals surface area contributed by atoms with Crippen LogP contribution in [0, 0.1) is 5.82 Å². The molecule has 0 saturated carbocycles. The van der Waals surface area contributed by atoms with Gasteiger partial charge in [0.25, 0.3) is 0 Å². The van der Waals surface area contributed by atoms with Gasteiger partial charge in [0.05, 0.1) is 18.1 Å². The first kappa shape index (κ1) is 14.0. The molecule has 0 aliphatic carbocycles. The standard InChI is InChI=1S/C16H11FN4.CH4/c17-12-3-4-14-15(9-19-16(14)6-12)11-7-20-21(10-11)13-2-1-5-18-8-13;/h1-10,19H;1H4. The molecular formula is C17H15FN4. The Morgan fingerprint density at radius 1 is 1.14 bits per heavy atom. The number of pyridine rings is 1. The third-order valence-corrected chi connectivity index (χ3v) is 3.45. The van der Waals surface area contributed by atoms with Crippen LogP contribution in [0.2, 0.25) is 0 Å². The van der Waals surface area contributed by atoms with Crippen LogP contribution in [-0.4, -0.2) is 19.7 Å². The number of H-pyrrole nitrogens is 1. The summed E-state index contributed by atoms with van der Waals surface area (Å²) in [6.45, 7) is 0. The summed E-state index contributed by atoms with van der Waals surface area (Å²) in [6.07, 6.45) is 9.07. The molecule has 0 unspecified atom stereocenters. The predicted molar refractivity (Wildman–Crippen MR) is 85.3 cm³/mol. The van der Waals surface area contributed by atoms with Crippen LogP contribution >= 0.6 is 0 Å². The van der Waals surface area contributed by atoms with Crippen molar-refractivity contribution in [1.29, 1.82) is 0 Å². The van der Waals surface area contributed by atoms with Gasteiger partial charge in [0, 0.05) is 40.6 Å². The van der Waals surface area contributed by atoms with Crippen LogP contribution in [-0.2, 0) is 0 Å². The number of benzene rings is 1. The highest BCUT2D eigenvalue weighted by Gasteiger charge is 2.09. The molecule has 0 fully saturated rings. The van der Waals surface area contributed by atoms with E-state index >= 15 is 0 Å². The highest BCUT2D eigenvalue weighted by molar-refractivity contribution is 5.95. The third kappa shape index (κ3) is 2.26. The lowest BCUT2D eigenvalue weighted by Crippen LogP contribution is -1.93. The van der Waals surface area contributed by atoms with Gasteiger partial charge in [-0.25, -0.2) is 9.07 Å². The molecule has 0 aliphatic rings. The second kappa shape index (κ2) is 5.44. The predicted octanol–water partition coefficient (Wildman–Crippen LogP) is 4.19. The lowest BCUT2D eigenvalue weighted by Gasteiger charge is -1.98. The molecular weight excluding hydrogens is 279 g/mol.